The highest BCUT2D eigenvalue weighted by atomic mass is 35.5. The number of carbonyl (C=O) groups excluding carboxylic acids is 3. The van der Waals surface area contributed by atoms with E-state index in [0.717, 1.165) is 6.42 Å². The van der Waals surface area contributed by atoms with Crippen LogP contribution in [0.4, 0.5) is 0 Å². The number of halogens is 1. The fourth-order valence-electron chi connectivity index (χ4n) is 3.78. The van der Waals surface area contributed by atoms with Crippen LogP contribution in [0.3, 0.4) is 0 Å². The van der Waals surface area contributed by atoms with E-state index < -0.39 is 0 Å². The molecule has 1 aromatic carbocycles. The van der Waals surface area contributed by atoms with Gasteiger partial charge in [0.25, 0.3) is 5.91 Å². The average molecular weight is 481 g/mol. The average Bonchev–Trinajstić information content (AvgIpc) is 2.76. The normalized spacial score (nSPS) is 18.5. The zero-order valence-electron chi connectivity index (χ0n) is 19.7. The molecule has 0 spiro atoms. The molecule has 0 bridgehead atoms. The van der Waals surface area contributed by atoms with Crippen LogP contribution in [0, 0.1) is 5.92 Å². The number of hydrogen-bond acceptors (Lipinski definition) is 5. The SMILES string of the molecule is CC(C)C[C@@H]1COc2ccc(Cl)cc2C(=O)NCCCCN(C(=O)CCCCN)CC(=O)N1. The number of nitrogens with two attached hydrogens (primary N) is 1. The van der Waals surface area contributed by atoms with E-state index in [0.29, 0.717) is 74.0 Å². The smallest absolute Gasteiger partial charge is 0.255 e. The van der Waals surface area contributed by atoms with Crippen molar-refractivity contribution in [3.63, 3.8) is 0 Å². The van der Waals surface area contributed by atoms with Crippen molar-refractivity contribution in [3.8, 4) is 5.75 Å². The van der Waals surface area contributed by atoms with Crippen LogP contribution >= 0.6 is 11.6 Å². The number of benzene rings is 1. The number of hydrogen-bond donors (Lipinski definition) is 3. The first kappa shape index (κ1) is 26.9. The van der Waals surface area contributed by atoms with E-state index in [1.165, 1.54) is 0 Å². The first-order chi connectivity index (χ1) is 15.8. The van der Waals surface area contributed by atoms with E-state index in [1.54, 1.807) is 23.1 Å². The van der Waals surface area contributed by atoms with Crippen molar-refractivity contribution in [2.45, 2.75) is 58.4 Å². The topological polar surface area (TPSA) is 114 Å². The number of nitrogens with zero attached hydrogens (tertiary/aromatic N) is 1. The molecule has 8 nitrogen and oxygen atoms in total. The van der Waals surface area contributed by atoms with Gasteiger partial charge in [0.05, 0.1) is 18.2 Å². The summed E-state index contributed by atoms with van der Waals surface area (Å²) in [7, 11) is 0. The number of fused-ring (bicyclic) bond motifs is 1. The Balaban J connectivity index is 2.19. The number of nitrogens with one attached hydrogen (secondary N) is 2. The number of amides is 3. The number of carbonyl (C=O) groups is 3. The lowest BCUT2D eigenvalue weighted by molar-refractivity contribution is -0.136. The first-order valence-corrected chi connectivity index (χ1v) is 12.2. The second-order valence-corrected chi connectivity index (χ2v) is 9.31. The van der Waals surface area contributed by atoms with E-state index in [-0.39, 0.29) is 36.9 Å². The third-order valence-corrected chi connectivity index (χ3v) is 5.65. The van der Waals surface area contributed by atoms with Crippen LogP contribution in [0.25, 0.3) is 0 Å². The molecule has 1 heterocycles. The van der Waals surface area contributed by atoms with Gasteiger partial charge in [0.1, 0.15) is 12.4 Å². The molecule has 1 aliphatic heterocycles. The van der Waals surface area contributed by atoms with Gasteiger partial charge in [-0.3, -0.25) is 14.4 Å². The zero-order valence-corrected chi connectivity index (χ0v) is 20.5. The van der Waals surface area contributed by atoms with Crippen LogP contribution in [0.15, 0.2) is 18.2 Å². The van der Waals surface area contributed by atoms with Crippen molar-refractivity contribution in [1.29, 1.82) is 0 Å². The Kier molecular flexibility index (Phi) is 11.5. The molecule has 0 aromatic heterocycles. The lowest BCUT2D eigenvalue weighted by Gasteiger charge is -2.25. The number of rotatable bonds is 6. The van der Waals surface area contributed by atoms with Crippen LogP contribution in [0.5, 0.6) is 5.75 Å². The third kappa shape index (κ3) is 9.60. The van der Waals surface area contributed by atoms with E-state index >= 15 is 0 Å². The van der Waals surface area contributed by atoms with Gasteiger partial charge in [-0.05, 0) is 62.8 Å². The van der Waals surface area contributed by atoms with Crippen LogP contribution in [-0.2, 0) is 9.59 Å². The fraction of sp³-hybridized carbons (Fsp3) is 0.625. The van der Waals surface area contributed by atoms with Crippen molar-refractivity contribution < 1.29 is 19.1 Å². The summed E-state index contributed by atoms with van der Waals surface area (Å²) >= 11 is 6.11. The van der Waals surface area contributed by atoms with Crippen LogP contribution in [-0.4, -0.2) is 61.4 Å². The summed E-state index contributed by atoms with van der Waals surface area (Å²) in [4.78, 5) is 39.9. The van der Waals surface area contributed by atoms with Gasteiger partial charge in [-0.15, -0.1) is 0 Å². The lowest BCUT2D eigenvalue weighted by Crippen LogP contribution is -2.46. The molecule has 4 N–H and O–H groups in total. The molecule has 33 heavy (non-hydrogen) atoms. The Morgan fingerprint density at radius 3 is 2.79 bits per heavy atom. The highest BCUT2D eigenvalue weighted by Gasteiger charge is 2.22. The van der Waals surface area contributed by atoms with Crippen molar-refractivity contribution >= 4 is 29.3 Å². The first-order valence-electron chi connectivity index (χ1n) is 11.8. The van der Waals surface area contributed by atoms with Crippen LogP contribution in [0.1, 0.15) is 62.7 Å². The fourth-order valence-corrected chi connectivity index (χ4v) is 3.95. The third-order valence-electron chi connectivity index (χ3n) is 5.42. The summed E-state index contributed by atoms with van der Waals surface area (Å²) in [5.41, 5.74) is 5.90. The van der Waals surface area contributed by atoms with Crippen molar-refractivity contribution in [2.75, 3.05) is 32.8 Å². The van der Waals surface area contributed by atoms with Gasteiger partial charge in [-0.1, -0.05) is 25.4 Å². The minimum atomic E-state index is -0.262. The Morgan fingerprint density at radius 1 is 1.27 bits per heavy atom. The summed E-state index contributed by atoms with van der Waals surface area (Å²) in [6, 6.07) is 4.67. The summed E-state index contributed by atoms with van der Waals surface area (Å²) in [6.07, 6.45) is 3.89. The van der Waals surface area contributed by atoms with Gasteiger partial charge in [0.2, 0.25) is 11.8 Å². The molecule has 0 aliphatic carbocycles. The van der Waals surface area contributed by atoms with Crippen LogP contribution in [0.2, 0.25) is 5.02 Å². The minimum absolute atomic E-state index is 0.00854. The summed E-state index contributed by atoms with van der Waals surface area (Å²) < 4.78 is 5.96. The van der Waals surface area contributed by atoms with Gasteiger partial charge < -0.3 is 26.0 Å². The maximum atomic E-state index is 12.8. The van der Waals surface area contributed by atoms with Crippen LogP contribution < -0.4 is 21.1 Å². The molecule has 0 saturated heterocycles. The summed E-state index contributed by atoms with van der Waals surface area (Å²) in [5.74, 6) is 0.221. The zero-order chi connectivity index (χ0) is 24.2. The molecule has 0 radical (unpaired) electrons. The molecule has 184 valence electrons. The number of unbranched alkanes of at least 4 members (excludes halogenated alkanes) is 1. The Bertz CT molecular complexity index is 803. The van der Waals surface area contributed by atoms with Gasteiger partial charge in [-0.2, -0.15) is 0 Å². The second kappa shape index (κ2) is 14.1. The Morgan fingerprint density at radius 2 is 2.06 bits per heavy atom. The van der Waals surface area contributed by atoms with E-state index in [1.807, 2.05) is 0 Å². The molecule has 1 aromatic rings. The standard InChI is InChI=1S/C24H37ClN4O4/c1-17(2)13-19-16-33-21-9-8-18(25)14-20(21)24(32)27-11-5-6-12-29(15-22(30)28-19)23(31)7-3-4-10-26/h8-9,14,17,19H,3-7,10-13,15-16,26H2,1-2H3,(H,27,32)(H,28,30)/t19-/m1/s1. The molecular weight excluding hydrogens is 444 g/mol. The van der Waals surface area contributed by atoms with Gasteiger partial charge in [0, 0.05) is 24.5 Å². The maximum Gasteiger partial charge on any atom is 0.255 e. The van der Waals surface area contributed by atoms with Gasteiger partial charge in [-0.25, -0.2) is 0 Å². The molecule has 9 heteroatoms. The lowest BCUT2D eigenvalue weighted by atomic mass is 10.0. The van der Waals surface area contributed by atoms with Gasteiger partial charge in [0.15, 0.2) is 0 Å². The summed E-state index contributed by atoms with van der Waals surface area (Å²) in [6.45, 7) is 5.79. The van der Waals surface area contributed by atoms with E-state index in [9.17, 15) is 14.4 Å². The second-order valence-electron chi connectivity index (χ2n) is 8.87. The highest BCUT2D eigenvalue weighted by molar-refractivity contribution is 6.31. The maximum absolute atomic E-state index is 12.8. The molecule has 0 saturated carbocycles. The monoisotopic (exact) mass is 480 g/mol. The molecule has 1 atom stereocenters. The van der Waals surface area contributed by atoms with E-state index in [4.69, 9.17) is 22.1 Å². The quantitative estimate of drug-likeness (QED) is 0.542. The molecule has 0 fully saturated rings. The minimum Gasteiger partial charge on any atom is -0.491 e. The van der Waals surface area contributed by atoms with E-state index in [2.05, 4.69) is 24.5 Å². The van der Waals surface area contributed by atoms with Crippen molar-refractivity contribution in [2.24, 2.45) is 11.7 Å². The predicted molar refractivity (Wildman–Crippen MR) is 129 cm³/mol. The largest absolute Gasteiger partial charge is 0.491 e. The molecule has 0 unspecified atom stereocenters. The Labute approximate surface area is 201 Å². The predicted octanol–water partition coefficient (Wildman–Crippen LogP) is 2.73. The molecular formula is C24H37ClN4O4. The highest BCUT2D eigenvalue weighted by Crippen LogP contribution is 2.23. The van der Waals surface area contributed by atoms with Gasteiger partial charge >= 0.3 is 0 Å². The Hall–Kier alpha value is -2.32. The van der Waals surface area contributed by atoms with Crippen molar-refractivity contribution in [1.82, 2.24) is 15.5 Å². The summed E-state index contributed by atoms with van der Waals surface area (Å²) in [5, 5.41) is 6.36. The van der Waals surface area contributed by atoms with Crippen molar-refractivity contribution in [3.05, 3.63) is 28.8 Å². The molecule has 1 aliphatic rings. The number of ether oxygens (including phenoxy) is 1. The molecule has 2 rings (SSSR count). The molecule has 3 amide bonds.